The van der Waals surface area contributed by atoms with E-state index in [9.17, 15) is 9.59 Å². The van der Waals surface area contributed by atoms with Crippen LogP contribution in [0.5, 0.6) is 0 Å². The topological polar surface area (TPSA) is 52.7 Å². The average molecular weight is 315 g/mol. The molecule has 5 heteroatoms. The summed E-state index contributed by atoms with van der Waals surface area (Å²) in [7, 11) is 0. The molecule has 1 heterocycles. The van der Waals surface area contributed by atoms with Gasteiger partial charge in [0.2, 0.25) is 5.91 Å². The van der Waals surface area contributed by atoms with Crippen LogP contribution in [0.15, 0.2) is 30.3 Å². The Morgan fingerprint density at radius 1 is 1.04 bits per heavy atom. The van der Waals surface area contributed by atoms with Crippen LogP contribution in [0.3, 0.4) is 0 Å². The number of hydrogen-bond donors (Lipinski definition) is 1. The summed E-state index contributed by atoms with van der Waals surface area (Å²) in [5.74, 6) is 0.241. The van der Waals surface area contributed by atoms with E-state index in [1.807, 2.05) is 30.0 Å². The van der Waals surface area contributed by atoms with Gasteiger partial charge in [-0.3, -0.25) is 4.79 Å². The molecular formula is C18H25N3O2. The van der Waals surface area contributed by atoms with Crippen molar-refractivity contribution in [3.05, 3.63) is 35.9 Å². The minimum atomic E-state index is -0.324. The van der Waals surface area contributed by atoms with E-state index in [0.717, 1.165) is 24.8 Å². The predicted molar refractivity (Wildman–Crippen MR) is 89.2 cm³/mol. The van der Waals surface area contributed by atoms with Gasteiger partial charge in [-0.1, -0.05) is 36.8 Å². The molecule has 1 saturated carbocycles. The Kier molecular flexibility index (Phi) is 4.55. The molecule has 1 aliphatic carbocycles. The van der Waals surface area contributed by atoms with E-state index in [4.69, 9.17) is 0 Å². The van der Waals surface area contributed by atoms with Gasteiger partial charge in [-0.05, 0) is 25.3 Å². The van der Waals surface area contributed by atoms with Crippen LogP contribution in [-0.4, -0.2) is 54.5 Å². The van der Waals surface area contributed by atoms with Crippen LogP contribution in [0.25, 0.3) is 0 Å². The van der Waals surface area contributed by atoms with E-state index >= 15 is 0 Å². The van der Waals surface area contributed by atoms with Gasteiger partial charge in [-0.25, -0.2) is 4.79 Å². The third kappa shape index (κ3) is 2.92. The van der Waals surface area contributed by atoms with E-state index in [1.165, 1.54) is 0 Å². The van der Waals surface area contributed by atoms with Crippen molar-refractivity contribution < 1.29 is 9.59 Å². The van der Waals surface area contributed by atoms with Gasteiger partial charge < -0.3 is 15.1 Å². The molecule has 0 bridgehead atoms. The lowest BCUT2D eigenvalue weighted by Gasteiger charge is -2.46. The van der Waals surface area contributed by atoms with Crippen LogP contribution in [0.2, 0.25) is 0 Å². The van der Waals surface area contributed by atoms with Crippen LogP contribution in [0.1, 0.15) is 31.7 Å². The van der Waals surface area contributed by atoms with Crippen molar-refractivity contribution in [3.8, 4) is 0 Å². The zero-order valence-corrected chi connectivity index (χ0v) is 13.8. The fourth-order valence-electron chi connectivity index (χ4n) is 3.59. The SMILES string of the molecule is CCNC(=O)N1CCN(C(=O)C2(c3ccccc3)CCC2)CC1. The van der Waals surface area contributed by atoms with Gasteiger partial charge in [0.1, 0.15) is 0 Å². The van der Waals surface area contributed by atoms with E-state index in [2.05, 4.69) is 17.4 Å². The molecule has 1 saturated heterocycles. The number of amides is 3. The van der Waals surface area contributed by atoms with Crippen LogP contribution in [0.4, 0.5) is 4.79 Å². The minimum Gasteiger partial charge on any atom is -0.338 e. The molecule has 23 heavy (non-hydrogen) atoms. The molecule has 3 amide bonds. The quantitative estimate of drug-likeness (QED) is 0.927. The number of benzene rings is 1. The number of nitrogens with one attached hydrogen (secondary N) is 1. The van der Waals surface area contributed by atoms with Gasteiger partial charge in [0, 0.05) is 32.7 Å². The van der Waals surface area contributed by atoms with Gasteiger partial charge in [0.25, 0.3) is 0 Å². The van der Waals surface area contributed by atoms with Gasteiger partial charge >= 0.3 is 6.03 Å². The minimum absolute atomic E-state index is 0.0268. The van der Waals surface area contributed by atoms with Gasteiger partial charge in [0.15, 0.2) is 0 Å². The Morgan fingerprint density at radius 3 is 2.17 bits per heavy atom. The predicted octanol–water partition coefficient (Wildman–Crippen LogP) is 1.98. The number of urea groups is 1. The number of carbonyl (C=O) groups is 2. The van der Waals surface area contributed by atoms with Gasteiger partial charge in [0.05, 0.1) is 5.41 Å². The Bertz CT molecular complexity index is 561. The average Bonchev–Trinajstić information content (AvgIpc) is 2.55. The largest absolute Gasteiger partial charge is 0.338 e. The van der Waals surface area contributed by atoms with Crippen molar-refractivity contribution in [1.82, 2.24) is 15.1 Å². The highest BCUT2D eigenvalue weighted by Gasteiger charge is 2.47. The maximum atomic E-state index is 13.1. The van der Waals surface area contributed by atoms with Crippen LogP contribution in [-0.2, 0) is 10.2 Å². The van der Waals surface area contributed by atoms with Crippen molar-refractivity contribution in [2.24, 2.45) is 0 Å². The Morgan fingerprint density at radius 2 is 1.65 bits per heavy atom. The molecule has 1 aromatic carbocycles. The second-order valence-corrected chi connectivity index (χ2v) is 6.42. The molecular weight excluding hydrogens is 290 g/mol. The normalized spacial score (nSPS) is 19.9. The Labute approximate surface area is 137 Å². The van der Waals surface area contributed by atoms with Crippen LogP contribution < -0.4 is 5.32 Å². The summed E-state index contributed by atoms with van der Waals surface area (Å²) in [4.78, 5) is 28.7. The van der Waals surface area contributed by atoms with E-state index < -0.39 is 0 Å². The van der Waals surface area contributed by atoms with Crippen LogP contribution >= 0.6 is 0 Å². The molecule has 2 fully saturated rings. The molecule has 5 nitrogen and oxygen atoms in total. The third-order valence-electron chi connectivity index (χ3n) is 5.12. The smallest absolute Gasteiger partial charge is 0.317 e. The first-order chi connectivity index (χ1) is 11.2. The standard InChI is InChI=1S/C18H25N3O2/c1-2-19-17(23)21-13-11-20(12-14-21)16(22)18(9-6-10-18)15-7-4-3-5-8-15/h3-5,7-8H,2,6,9-14H2,1H3,(H,19,23). The molecule has 1 N–H and O–H groups in total. The van der Waals surface area contributed by atoms with Crippen molar-refractivity contribution in [2.45, 2.75) is 31.6 Å². The van der Waals surface area contributed by atoms with E-state index in [-0.39, 0.29) is 17.4 Å². The summed E-state index contributed by atoms with van der Waals surface area (Å²) in [6.07, 6.45) is 2.98. The lowest BCUT2D eigenvalue weighted by Crippen LogP contribution is -2.58. The molecule has 0 spiro atoms. The molecule has 0 unspecified atom stereocenters. The first-order valence-electron chi connectivity index (χ1n) is 8.55. The molecule has 0 aromatic heterocycles. The molecule has 1 aromatic rings. The zero-order valence-electron chi connectivity index (χ0n) is 13.8. The number of carbonyl (C=O) groups excluding carboxylic acids is 2. The second-order valence-electron chi connectivity index (χ2n) is 6.42. The lowest BCUT2D eigenvalue weighted by molar-refractivity contribution is -0.142. The van der Waals surface area contributed by atoms with Crippen molar-refractivity contribution in [2.75, 3.05) is 32.7 Å². The van der Waals surface area contributed by atoms with E-state index in [0.29, 0.717) is 32.7 Å². The fraction of sp³-hybridized carbons (Fsp3) is 0.556. The number of piperazine rings is 1. The first-order valence-corrected chi connectivity index (χ1v) is 8.55. The number of nitrogens with zero attached hydrogens (tertiary/aromatic N) is 2. The zero-order chi connectivity index (χ0) is 16.3. The highest BCUT2D eigenvalue weighted by atomic mass is 16.2. The van der Waals surface area contributed by atoms with Crippen molar-refractivity contribution in [1.29, 1.82) is 0 Å². The maximum Gasteiger partial charge on any atom is 0.317 e. The highest BCUT2D eigenvalue weighted by molar-refractivity contribution is 5.89. The number of hydrogen-bond acceptors (Lipinski definition) is 2. The molecule has 0 atom stereocenters. The molecule has 1 aliphatic heterocycles. The fourth-order valence-corrected chi connectivity index (χ4v) is 3.59. The van der Waals surface area contributed by atoms with Crippen LogP contribution in [0, 0.1) is 0 Å². The molecule has 0 radical (unpaired) electrons. The second kappa shape index (κ2) is 6.60. The van der Waals surface area contributed by atoms with E-state index in [1.54, 1.807) is 4.90 Å². The summed E-state index contributed by atoms with van der Waals surface area (Å²) in [6.45, 7) is 5.03. The van der Waals surface area contributed by atoms with Gasteiger partial charge in [-0.2, -0.15) is 0 Å². The summed E-state index contributed by atoms with van der Waals surface area (Å²) in [5.41, 5.74) is 0.817. The third-order valence-corrected chi connectivity index (χ3v) is 5.12. The van der Waals surface area contributed by atoms with Crippen molar-refractivity contribution in [3.63, 3.8) is 0 Å². The lowest BCUT2D eigenvalue weighted by atomic mass is 9.63. The van der Waals surface area contributed by atoms with Crippen molar-refractivity contribution >= 4 is 11.9 Å². The molecule has 2 aliphatic rings. The highest BCUT2D eigenvalue weighted by Crippen LogP contribution is 2.45. The molecule has 3 rings (SSSR count). The maximum absolute atomic E-state index is 13.1. The number of rotatable bonds is 3. The summed E-state index contributed by atoms with van der Waals surface area (Å²) < 4.78 is 0. The summed E-state index contributed by atoms with van der Waals surface area (Å²) in [6, 6.07) is 10.1. The molecule has 124 valence electrons. The van der Waals surface area contributed by atoms with Gasteiger partial charge in [-0.15, -0.1) is 0 Å². The first kappa shape index (κ1) is 15.8. The summed E-state index contributed by atoms with van der Waals surface area (Å²) in [5, 5.41) is 2.82. The Hall–Kier alpha value is -2.04. The Balaban J connectivity index is 1.66. The summed E-state index contributed by atoms with van der Waals surface area (Å²) >= 11 is 0. The monoisotopic (exact) mass is 315 g/mol.